The third-order valence-corrected chi connectivity index (χ3v) is 5.89. The first-order chi connectivity index (χ1) is 13.8. The number of nitrogens with zero attached hydrogens (tertiary/aromatic N) is 1. The van der Waals surface area contributed by atoms with Crippen LogP contribution in [0.1, 0.15) is 54.4 Å². The lowest BCUT2D eigenvalue weighted by molar-refractivity contribution is 0.0696. The van der Waals surface area contributed by atoms with Crippen LogP contribution < -0.4 is 0 Å². The van der Waals surface area contributed by atoms with Gasteiger partial charge in [0.1, 0.15) is 5.82 Å². The molecule has 0 fully saturated rings. The molecular formula is C25H24FNO2. The number of carboxylic acids is 1. The van der Waals surface area contributed by atoms with Gasteiger partial charge in [-0.15, -0.1) is 0 Å². The van der Waals surface area contributed by atoms with Gasteiger partial charge in [0.15, 0.2) is 0 Å². The molecule has 148 valence electrons. The molecule has 29 heavy (non-hydrogen) atoms. The Morgan fingerprint density at radius 3 is 2.48 bits per heavy atom. The van der Waals surface area contributed by atoms with E-state index in [1.54, 1.807) is 18.2 Å². The van der Waals surface area contributed by atoms with Gasteiger partial charge < -0.3 is 5.11 Å². The molecule has 1 aliphatic carbocycles. The largest absolute Gasteiger partial charge is 0.478 e. The number of hydrogen-bond acceptors (Lipinski definition) is 2. The minimum Gasteiger partial charge on any atom is -0.478 e. The molecular weight excluding hydrogens is 365 g/mol. The zero-order chi connectivity index (χ0) is 20.8. The number of halogens is 1. The highest BCUT2D eigenvalue weighted by molar-refractivity contribution is 6.06. The molecule has 1 N–H and O–H groups in total. The standard InChI is InChI=1S/C25H24FNO2/c1-25(2,3)17-13-16(12-15-8-4-6-10-20(15)26)23-19(14-17)22(24(28)29)18-9-5-7-11-21(18)27-23/h4-12,17H,13-14H2,1-3H3,(H,28,29)/b16-12+. The van der Waals surface area contributed by atoms with Crippen LogP contribution >= 0.6 is 0 Å². The highest BCUT2D eigenvalue weighted by atomic mass is 19.1. The van der Waals surface area contributed by atoms with E-state index in [9.17, 15) is 14.3 Å². The van der Waals surface area contributed by atoms with Crippen LogP contribution in [0, 0.1) is 17.2 Å². The van der Waals surface area contributed by atoms with Crippen molar-refractivity contribution >= 4 is 28.5 Å². The maximum Gasteiger partial charge on any atom is 0.336 e. The van der Waals surface area contributed by atoms with E-state index < -0.39 is 5.97 Å². The van der Waals surface area contributed by atoms with Crippen LogP contribution in [0.3, 0.4) is 0 Å². The van der Waals surface area contributed by atoms with E-state index in [0.717, 1.165) is 17.6 Å². The summed E-state index contributed by atoms with van der Waals surface area (Å²) in [6.07, 6.45) is 3.21. The normalized spacial score (nSPS) is 18.1. The second kappa shape index (κ2) is 7.11. The summed E-state index contributed by atoms with van der Waals surface area (Å²) in [5.74, 6) is -1.01. The summed E-state index contributed by atoms with van der Waals surface area (Å²) in [4.78, 5) is 17.1. The predicted molar refractivity (Wildman–Crippen MR) is 114 cm³/mol. The number of aromatic carboxylic acids is 1. The fraction of sp³-hybridized carbons (Fsp3) is 0.280. The van der Waals surface area contributed by atoms with Crippen molar-refractivity contribution < 1.29 is 14.3 Å². The fourth-order valence-electron chi connectivity index (χ4n) is 4.16. The number of fused-ring (bicyclic) bond motifs is 2. The molecule has 0 radical (unpaired) electrons. The van der Waals surface area contributed by atoms with Crippen molar-refractivity contribution in [3.63, 3.8) is 0 Å². The second-order valence-electron chi connectivity index (χ2n) is 8.80. The van der Waals surface area contributed by atoms with Gasteiger partial charge in [0, 0.05) is 10.9 Å². The van der Waals surface area contributed by atoms with E-state index in [2.05, 4.69) is 20.8 Å². The van der Waals surface area contributed by atoms with E-state index in [1.165, 1.54) is 6.07 Å². The molecule has 3 aromatic rings. The number of aromatic nitrogens is 1. The highest BCUT2D eigenvalue weighted by Gasteiger charge is 2.35. The Labute approximate surface area is 169 Å². The molecule has 1 aromatic heterocycles. The summed E-state index contributed by atoms with van der Waals surface area (Å²) in [6, 6.07) is 14.0. The van der Waals surface area contributed by atoms with Gasteiger partial charge >= 0.3 is 5.97 Å². The SMILES string of the molecule is CC(C)(C)C1C/C(=C\c2ccccc2F)c2nc3ccccc3c(C(=O)O)c2C1. The minimum atomic E-state index is -0.945. The topological polar surface area (TPSA) is 50.2 Å². The molecule has 3 nitrogen and oxygen atoms in total. The lowest BCUT2D eigenvalue weighted by Crippen LogP contribution is -2.28. The van der Waals surface area contributed by atoms with Crippen molar-refractivity contribution in [3.05, 3.63) is 76.7 Å². The van der Waals surface area contributed by atoms with Crippen LogP contribution in [-0.4, -0.2) is 16.1 Å². The highest BCUT2D eigenvalue weighted by Crippen LogP contribution is 2.44. The average molecular weight is 389 g/mol. The second-order valence-corrected chi connectivity index (χ2v) is 8.80. The van der Waals surface area contributed by atoms with E-state index in [4.69, 9.17) is 4.98 Å². The molecule has 1 aliphatic rings. The van der Waals surface area contributed by atoms with Gasteiger partial charge in [-0.3, -0.25) is 0 Å². The molecule has 4 heteroatoms. The minimum absolute atomic E-state index is 0.0204. The molecule has 0 bridgehead atoms. The van der Waals surface area contributed by atoms with Gasteiger partial charge in [-0.05, 0) is 53.5 Å². The molecule has 2 aromatic carbocycles. The first kappa shape index (κ1) is 19.3. The fourth-order valence-corrected chi connectivity index (χ4v) is 4.16. The zero-order valence-electron chi connectivity index (χ0n) is 16.9. The van der Waals surface area contributed by atoms with Crippen LogP contribution in [0.25, 0.3) is 22.6 Å². The molecule has 0 spiro atoms. The molecule has 1 atom stereocenters. The average Bonchev–Trinajstić information content (AvgIpc) is 2.67. The van der Waals surface area contributed by atoms with E-state index in [-0.39, 0.29) is 17.2 Å². The number of carbonyl (C=O) groups is 1. The quantitative estimate of drug-likeness (QED) is 0.566. The van der Waals surface area contributed by atoms with Crippen molar-refractivity contribution in [2.24, 2.45) is 11.3 Å². The number of pyridine rings is 1. The van der Waals surface area contributed by atoms with Crippen molar-refractivity contribution in [1.82, 2.24) is 4.98 Å². The number of benzene rings is 2. The van der Waals surface area contributed by atoms with Gasteiger partial charge in [0.05, 0.1) is 16.8 Å². The van der Waals surface area contributed by atoms with E-state index in [1.807, 2.05) is 30.3 Å². The van der Waals surface area contributed by atoms with Crippen LogP contribution in [0.15, 0.2) is 48.5 Å². The van der Waals surface area contributed by atoms with Crippen molar-refractivity contribution in [2.75, 3.05) is 0 Å². The van der Waals surface area contributed by atoms with Crippen LogP contribution in [0.5, 0.6) is 0 Å². The monoisotopic (exact) mass is 389 g/mol. The molecule has 1 heterocycles. The Morgan fingerprint density at radius 2 is 1.79 bits per heavy atom. The molecule has 1 unspecified atom stereocenters. The Hall–Kier alpha value is -3.01. The maximum absolute atomic E-state index is 14.4. The first-order valence-electron chi connectivity index (χ1n) is 9.86. The molecule has 0 saturated heterocycles. The Kier molecular flexibility index (Phi) is 4.73. The third-order valence-electron chi connectivity index (χ3n) is 5.89. The smallest absolute Gasteiger partial charge is 0.336 e. The predicted octanol–water partition coefficient (Wildman–Crippen LogP) is 6.22. The lowest BCUT2D eigenvalue weighted by atomic mass is 9.69. The molecule has 0 saturated carbocycles. The van der Waals surface area contributed by atoms with Crippen molar-refractivity contribution in [1.29, 1.82) is 0 Å². The number of allylic oxidation sites excluding steroid dienone is 1. The number of carboxylic acid groups (broad SMARTS) is 1. The summed E-state index contributed by atoms with van der Waals surface area (Å²) >= 11 is 0. The van der Waals surface area contributed by atoms with Crippen LogP contribution in [0.2, 0.25) is 0 Å². The Morgan fingerprint density at radius 1 is 1.10 bits per heavy atom. The number of hydrogen-bond donors (Lipinski definition) is 1. The van der Waals surface area contributed by atoms with E-state index >= 15 is 0 Å². The van der Waals surface area contributed by atoms with E-state index in [0.29, 0.717) is 34.1 Å². The summed E-state index contributed by atoms with van der Waals surface area (Å²) in [6.45, 7) is 6.49. The van der Waals surface area contributed by atoms with Gasteiger partial charge in [0.2, 0.25) is 0 Å². The summed E-state index contributed by atoms with van der Waals surface area (Å²) in [5.41, 5.74) is 3.78. The van der Waals surface area contributed by atoms with Gasteiger partial charge in [-0.1, -0.05) is 57.2 Å². The van der Waals surface area contributed by atoms with Crippen LogP contribution in [0.4, 0.5) is 4.39 Å². The van der Waals surface area contributed by atoms with Gasteiger partial charge in [-0.25, -0.2) is 14.2 Å². The number of para-hydroxylation sites is 1. The summed E-state index contributed by atoms with van der Waals surface area (Å²) in [5, 5.41) is 10.7. The van der Waals surface area contributed by atoms with Crippen LogP contribution in [-0.2, 0) is 6.42 Å². The zero-order valence-corrected chi connectivity index (χ0v) is 16.9. The molecule has 0 aliphatic heterocycles. The number of rotatable bonds is 2. The maximum atomic E-state index is 14.4. The third kappa shape index (κ3) is 3.55. The van der Waals surface area contributed by atoms with Crippen molar-refractivity contribution in [3.8, 4) is 0 Å². The summed E-state index contributed by atoms with van der Waals surface area (Å²) < 4.78 is 14.4. The Balaban J connectivity index is 2.02. The summed E-state index contributed by atoms with van der Waals surface area (Å²) in [7, 11) is 0. The molecule has 0 amide bonds. The van der Waals surface area contributed by atoms with Gasteiger partial charge in [-0.2, -0.15) is 0 Å². The molecule has 4 rings (SSSR count). The first-order valence-corrected chi connectivity index (χ1v) is 9.86. The Bertz CT molecular complexity index is 1140. The lowest BCUT2D eigenvalue weighted by Gasteiger charge is -2.36. The van der Waals surface area contributed by atoms with Crippen molar-refractivity contribution in [2.45, 2.75) is 33.6 Å². The van der Waals surface area contributed by atoms with Gasteiger partial charge in [0.25, 0.3) is 0 Å².